The molecule has 0 fully saturated rings. The molecular formula is C15H24N6S. The topological polar surface area (TPSA) is 67.1 Å². The monoisotopic (exact) mass is 320 g/mol. The first-order valence-electron chi connectivity index (χ1n) is 7.52. The summed E-state index contributed by atoms with van der Waals surface area (Å²) in [6.45, 7) is 11.3. The first-order valence-corrected chi connectivity index (χ1v) is 8.34. The van der Waals surface area contributed by atoms with Gasteiger partial charge in [0.1, 0.15) is 5.01 Å². The van der Waals surface area contributed by atoms with Crippen LogP contribution in [0.15, 0.2) is 17.4 Å². The second kappa shape index (κ2) is 7.93. The van der Waals surface area contributed by atoms with E-state index in [1.807, 2.05) is 30.9 Å². The second-order valence-corrected chi connectivity index (χ2v) is 6.44. The van der Waals surface area contributed by atoms with E-state index >= 15 is 0 Å². The van der Waals surface area contributed by atoms with Crippen LogP contribution < -0.4 is 10.6 Å². The van der Waals surface area contributed by atoms with E-state index in [-0.39, 0.29) is 0 Å². The van der Waals surface area contributed by atoms with E-state index in [0.29, 0.717) is 6.54 Å². The zero-order chi connectivity index (χ0) is 15.9. The average Bonchev–Trinajstić information content (AvgIpc) is 3.03. The van der Waals surface area contributed by atoms with Gasteiger partial charge in [0.05, 0.1) is 25.0 Å². The summed E-state index contributed by atoms with van der Waals surface area (Å²) in [5, 5.41) is 11.9. The van der Waals surface area contributed by atoms with Gasteiger partial charge in [-0.15, -0.1) is 11.3 Å². The Kier molecular flexibility index (Phi) is 5.94. The lowest BCUT2D eigenvalue weighted by atomic mass is 10.4. The van der Waals surface area contributed by atoms with Crippen molar-refractivity contribution >= 4 is 17.3 Å². The molecule has 0 saturated heterocycles. The Morgan fingerprint density at radius 2 is 2.14 bits per heavy atom. The van der Waals surface area contributed by atoms with Crippen LogP contribution >= 0.6 is 11.3 Å². The molecule has 2 heterocycles. The number of aliphatic imine (C=N–C) groups is 1. The number of hydrogen-bond donors (Lipinski definition) is 2. The fourth-order valence-corrected chi connectivity index (χ4v) is 2.83. The fraction of sp³-hybridized carbons (Fsp3) is 0.533. The number of rotatable bonds is 6. The fourth-order valence-electron chi connectivity index (χ4n) is 1.97. The van der Waals surface area contributed by atoms with Gasteiger partial charge in [0.15, 0.2) is 5.96 Å². The second-order valence-electron chi connectivity index (χ2n) is 5.15. The van der Waals surface area contributed by atoms with Gasteiger partial charge >= 0.3 is 0 Å². The van der Waals surface area contributed by atoms with Gasteiger partial charge in [-0.05, 0) is 33.3 Å². The van der Waals surface area contributed by atoms with Crippen LogP contribution in [0.4, 0.5) is 0 Å². The molecule has 0 unspecified atom stereocenters. The SMILES string of the molecule is CCNC(=NCc1nc(C)c(C)s1)NCCn1cc(C)cn1. The van der Waals surface area contributed by atoms with Crippen LogP contribution in [0, 0.1) is 20.8 Å². The first-order chi connectivity index (χ1) is 10.6. The van der Waals surface area contributed by atoms with Crippen molar-refractivity contribution in [1.29, 1.82) is 0 Å². The quantitative estimate of drug-likeness (QED) is 0.631. The highest BCUT2D eigenvalue weighted by molar-refractivity contribution is 7.11. The molecular weight excluding hydrogens is 296 g/mol. The van der Waals surface area contributed by atoms with E-state index in [1.165, 1.54) is 10.4 Å². The molecule has 0 aromatic carbocycles. The Bertz CT molecular complexity index is 608. The third kappa shape index (κ3) is 4.84. The molecule has 0 radical (unpaired) electrons. The molecule has 2 aromatic rings. The van der Waals surface area contributed by atoms with Crippen molar-refractivity contribution in [3.05, 3.63) is 33.5 Å². The molecule has 2 rings (SSSR count). The van der Waals surface area contributed by atoms with Crippen molar-refractivity contribution in [2.45, 2.75) is 40.8 Å². The standard InChI is InChI=1S/C15H24N6S/c1-5-16-15(17-6-7-21-10-11(2)8-19-21)18-9-14-20-12(3)13(4)22-14/h8,10H,5-7,9H2,1-4H3,(H2,16,17,18). The van der Waals surface area contributed by atoms with Crippen molar-refractivity contribution in [2.75, 3.05) is 13.1 Å². The summed E-state index contributed by atoms with van der Waals surface area (Å²) in [4.78, 5) is 10.4. The van der Waals surface area contributed by atoms with Crippen LogP contribution in [0.1, 0.15) is 28.1 Å². The highest BCUT2D eigenvalue weighted by atomic mass is 32.1. The third-order valence-corrected chi connectivity index (χ3v) is 4.24. The zero-order valence-corrected chi connectivity index (χ0v) is 14.5. The van der Waals surface area contributed by atoms with E-state index in [4.69, 9.17) is 0 Å². The van der Waals surface area contributed by atoms with E-state index < -0.39 is 0 Å². The lowest BCUT2D eigenvalue weighted by molar-refractivity contribution is 0.597. The Hall–Kier alpha value is -1.89. The summed E-state index contributed by atoms with van der Waals surface area (Å²) in [7, 11) is 0. The number of thiazole rings is 1. The molecule has 0 spiro atoms. The normalized spacial score (nSPS) is 11.7. The molecule has 0 atom stereocenters. The van der Waals surface area contributed by atoms with E-state index in [9.17, 15) is 0 Å². The summed E-state index contributed by atoms with van der Waals surface area (Å²) in [6, 6.07) is 0. The molecule has 0 bridgehead atoms. The Labute approximate surface area is 135 Å². The largest absolute Gasteiger partial charge is 0.357 e. The molecule has 6 nitrogen and oxygen atoms in total. The minimum absolute atomic E-state index is 0.607. The summed E-state index contributed by atoms with van der Waals surface area (Å²) in [5.41, 5.74) is 2.28. The molecule has 2 aromatic heterocycles. The van der Waals surface area contributed by atoms with Crippen molar-refractivity contribution < 1.29 is 0 Å². The Morgan fingerprint density at radius 1 is 1.32 bits per heavy atom. The number of nitrogens with one attached hydrogen (secondary N) is 2. The number of guanidine groups is 1. The van der Waals surface area contributed by atoms with E-state index in [2.05, 4.69) is 39.6 Å². The summed E-state index contributed by atoms with van der Waals surface area (Å²) in [5.74, 6) is 0.817. The predicted octanol–water partition coefficient (Wildman–Crippen LogP) is 2.02. The Balaban J connectivity index is 1.86. The van der Waals surface area contributed by atoms with Crippen LogP contribution in [0.5, 0.6) is 0 Å². The Morgan fingerprint density at radius 3 is 2.73 bits per heavy atom. The minimum Gasteiger partial charge on any atom is -0.357 e. The number of nitrogens with zero attached hydrogens (tertiary/aromatic N) is 4. The van der Waals surface area contributed by atoms with Gasteiger partial charge in [-0.25, -0.2) is 9.98 Å². The van der Waals surface area contributed by atoms with Gasteiger partial charge in [-0.2, -0.15) is 5.10 Å². The predicted molar refractivity (Wildman–Crippen MR) is 91.4 cm³/mol. The maximum absolute atomic E-state index is 4.59. The molecule has 2 N–H and O–H groups in total. The van der Waals surface area contributed by atoms with Crippen LogP contribution in [-0.2, 0) is 13.1 Å². The van der Waals surface area contributed by atoms with Crippen molar-refractivity contribution in [2.24, 2.45) is 4.99 Å². The average molecular weight is 320 g/mol. The molecule has 22 heavy (non-hydrogen) atoms. The van der Waals surface area contributed by atoms with Crippen LogP contribution in [0.25, 0.3) is 0 Å². The van der Waals surface area contributed by atoms with Gasteiger partial charge in [0.2, 0.25) is 0 Å². The van der Waals surface area contributed by atoms with Crippen molar-refractivity contribution in [3.8, 4) is 0 Å². The third-order valence-electron chi connectivity index (χ3n) is 3.19. The molecule has 0 aliphatic carbocycles. The number of aromatic nitrogens is 3. The molecule has 0 saturated carbocycles. The van der Waals surface area contributed by atoms with Crippen LogP contribution in [0.3, 0.4) is 0 Å². The van der Waals surface area contributed by atoms with Gasteiger partial charge in [0, 0.05) is 24.2 Å². The molecule has 7 heteroatoms. The van der Waals surface area contributed by atoms with Crippen molar-refractivity contribution in [1.82, 2.24) is 25.4 Å². The number of hydrogen-bond acceptors (Lipinski definition) is 4. The first kappa shape index (κ1) is 16.5. The molecule has 0 aliphatic rings. The minimum atomic E-state index is 0.607. The highest BCUT2D eigenvalue weighted by Crippen LogP contribution is 2.16. The molecule has 0 aliphatic heterocycles. The lowest BCUT2D eigenvalue weighted by Crippen LogP contribution is -2.38. The van der Waals surface area contributed by atoms with Gasteiger partial charge in [-0.1, -0.05) is 0 Å². The van der Waals surface area contributed by atoms with Crippen LogP contribution in [0.2, 0.25) is 0 Å². The van der Waals surface area contributed by atoms with E-state index in [0.717, 1.165) is 36.3 Å². The van der Waals surface area contributed by atoms with E-state index in [1.54, 1.807) is 11.3 Å². The van der Waals surface area contributed by atoms with Gasteiger partial charge in [0.25, 0.3) is 0 Å². The van der Waals surface area contributed by atoms with Crippen LogP contribution in [-0.4, -0.2) is 33.8 Å². The van der Waals surface area contributed by atoms with Gasteiger partial charge in [-0.3, -0.25) is 4.68 Å². The number of aryl methyl sites for hydroxylation is 3. The van der Waals surface area contributed by atoms with Crippen molar-refractivity contribution in [3.63, 3.8) is 0 Å². The molecule has 120 valence electrons. The van der Waals surface area contributed by atoms with Gasteiger partial charge < -0.3 is 10.6 Å². The lowest BCUT2D eigenvalue weighted by Gasteiger charge is -2.10. The molecule has 0 amide bonds. The highest BCUT2D eigenvalue weighted by Gasteiger charge is 2.04. The maximum atomic E-state index is 4.59. The smallest absolute Gasteiger partial charge is 0.191 e. The summed E-state index contributed by atoms with van der Waals surface area (Å²) >= 11 is 1.71. The maximum Gasteiger partial charge on any atom is 0.191 e. The summed E-state index contributed by atoms with van der Waals surface area (Å²) in [6.07, 6.45) is 3.90. The zero-order valence-electron chi connectivity index (χ0n) is 13.7. The summed E-state index contributed by atoms with van der Waals surface area (Å²) < 4.78 is 1.93.